The molecule has 0 saturated carbocycles. The third-order valence-electron chi connectivity index (χ3n) is 7.61. The highest BCUT2D eigenvalue weighted by Crippen LogP contribution is 2.55. The molecule has 1 fully saturated rings. The molecule has 1 spiro atoms. The Morgan fingerprint density at radius 1 is 1.03 bits per heavy atom. The second-order valence-corrected chi connectivity index (χ2v) is 10.4. The van der Waals surface area contributed by atoms with Crippen LogP contribution in [0.2, 0.25) is 0 Å². The first-order valence-electron chi connectivity index (χ1n) is 11.9. The number of carbonyl (C=O) groups is 1. The van der Waals surface area contributed by atoms with Crippen molar-refractivity contribution in [3.8, 4) is 17.2 Å². The van der Waals surface area contributed by atoms with E-state index in [-0.39, 0.29) is 12.7 Å². The molecule has 0 aliphatic carbocycles. The van der Waals surface area contributed by atoms with E-state index in [0.717, 1.165) is 55.0 Å². The number of anilines is 1. The molecule has 174 valence electrons. The van der Waals surface area contributed by atoms with Crippen LogP contribution in [-0.4, -0.2) is 62.4 Å². The van der Waals surface area contributed by atoms with Crippen molar-refractivity contribution in [1.82, 2.24) is 4.90 Å². The summed E-state index contributed by atoms with van der Waals surface area (Å²) in [6.45, 7) is 4.75. The maximum absolute atomic E-state index is 14.1. The van der Waals surface area contributed by atoms with Gasteiger partial charge in [0, 0.05) is 23.9 Å². The van der Waals surface area contributed by atoms with Gasteiger partial charge < -0.3 is 24.0 Å². The minimum absolute atomic E-state index is 0.128. The van der Waals surface area contributed by atoms with Crippen LogP contribution in [0.25, 0.3) is 0 Å². The topological polar surface area (TPSA) is 51.2 Å². The molecule has 7 heteroatoms. The molecule has 4 aliphatic rings. The van der Waals surface area contributed by atoms with Crippen molar-refractivity contribution in [2.24, 2.45) is 5.92 Å². The van der Waals surface area contributed by atoms with Gasteiger partial charge in [-0.1, -0.05) is 18.2 Å². The smallest absolute Gasteiger partial charge is 0.245 e. The summed E-state index contributed by atoms with van der Waals surface area (Å²) < 4.78 is 17.3. The molecule has 1 unspecified atom stereocenters. The Kier molecular flexibility index (Phi) is 5.41. The minimum Gasteiger partial charge on any atom is -0.491 e. The lowest BCUT2D eigenvalue weighted by molar-refractivity contribution is -0.122. The van der Waals surface area contributed by atoms with Crippen LogP contribution in [0, 0.1) is 5.92 Å². The first-order valence-corrected chi connectivity index (χ1v) is 13.3. The molecule has 0 N–H and O–H groups in total. The van der Waals surface area contributed by atoms with Crippen molar-refractivity contribution in [3.63, 3.8) is 0 Å². The van der Waals surface area contributed by atoms with E-state index in [1.807, 2.05) is 40.9 Å². The van der Waals surface area contributed by atoms with Crippen LogP contribution in [0.15, 0.2) is 36.4 Å². The molecule has 1 amide bonds. The molecule has 0 aromatic heterocycles. The largest absolute Gasteiger partial charge is 0.491 e. The van der Waals surface area contributed by atoms with Gasteiger partial charge in [-0.3, -0.25) is 4.79 Å². The maximum atomic E-state index is 14.1. The molecule has 2 aromatic carbocycles. The lowest BCUT2D eigenvalue weighted by Crippen LogP contribution is -2.45. The zero-order valence-corrected chi connectivity index (χ0v) is 19.9. The highest BCUT2D eigenvalue weighted by atomic mass is 32.2. The molecule has 4 heterocycles. The predicted molar refractivity (Wildman–Crippen MR) is 130 cm³/mol. The Bertz CT molecular complexity index is 1070. The number of likely N-dealkylation sites (tertiary alicyclic amines) is 1. The molecule has 33 heavy (non-hydrogen) atoms. The normalized spacial score (nSPS) is 23.8. The summed E-state index contributed by atoms with van der Waals surface area (Å²) >= 11 is 1.92. The number of amides is 1. The number of benzene rings is 2. The van der Waals surface area contributed by atoms with Gasteiger partial charge in [-0.15, -0.1) is 0 Å². The van der Waals surface area contributed by atoms with Crippen LogP contribution in [0.3, 0.4) is 0 Å². The number of thioether (sulfide) groups is 1. The Morgan fingerprint density at radius 3 is 2.64 bits per heavy atom. The van der Waals surface area contributed by atoms with Gasteiger partial charge in [0.25, 0.3) is 0 Å². The van der Waals surface area contributed by atoms with Crippen molar-refractivity contribution < 1.29 is 19.0 Å². The summed E-state index contributed by atoms with van der Waals surface area (Å²) in [6, 6.07) is 12.1. The zero-order chi connectivity index (χ0) is 22.4. The molecule has 4 aliphatic heterocycles. The van der Waals surface area contributed by atoms with E-state index in [1.165, 1.54) is 18.7 Å². The van der Waals surface area contributed by atoms with Crippen LogP contribution < -0.4 is 19.1 Å². The van der Waals surface area contributed by atoms with Crippen molar-refractivity contribution in [1.29, 1.82) is 0 Å². The van der Waals surface area contributed by atoms with Gasteiger partial charge in [0.15, 0.2) is 11.5 Å². The Labute approximate surface area is 199 Å². The van der Waals surface area contributed by atoms with Gasteiger partial charge in [-0.2, -0.15) is 11.8 Å². The predicted octanol–water partition coefficient (Wildman–Crippen LogP) is 3.91. The van der Waals surface area contributed by atoms with E-state index in [4.69, 9.17) is 14.2 Å². The fourth-order valence-electron chi connectivity index (χ4n) is 5.83. The van der Waals surface area contributed by atoms with Crippen molar-refractivity contribution in [3.05, 3.63) is 47.5 Å². The van der Waals surface area contributed by atoms with E-state index >= 15 is 0 Å². The number of rotatable bonds is 6. The highest BCUT2D eigenvalue weighted by molar-refractivity contribution is 7.98. The molecule has 2 aromatic rings. The van der Waals surface area contributed by atoms with Crippen LogP contribution in [0.1, 0.15) is 30.4 Å². The van der Waals surface area contributed by atoms with Crippen LogP contribution in [0.4, 0.5) is 5.69 Å². The monoisotopic (exact) mass is 466 g/mol. The van der Waals surface area contributed by atoms with Gasteiger partial charge in [0.2, 0.25) is 12.7 Å². The Balaban J connectivity index is 1.25. The van der Waals surface area contributed by atoms with Crippen molar-refractivity contribution in [2.45, 2.75) is 24.7 Å². The molecular formula is C26H30N2O4S. The summed E-state index contributed by atoms with van der Waals surface area (Å²) in [5.41, 5.74) is 2.17. The Hall–Kier alpha value is -2.38. The van der Waals surface area contributed by atoms with E-state index in [9.17, 15) is 4.79 Å². The zero-order valence-electron chi connectivity index (χ0n) is 19.0. The number of para-hydroxylation sites is 1. The number of nitrogens with zero attached hydrogens (tertiary/aromatic N) is 2. The third kappa shape index (κ3) is 3.39. The lowest BCUT2D eigenvalue weighted by atomic mass is 9.77. The number of ether oxygens (including phenoxy) is 3. The molecule has 6 rings (SSSR count). The van der Waals surface area contributed by atoms with Gasteiger partial charge in [-0.05, 0) is 74.5 Å². The molecular weight excluding hydrogens is 436 g/mol. The summed E-state index contributed by atoms with van der Waals surface area (Å²) in [5, 5.41) is 0. The lowest BCUT2D eigenvalue weighted by Gasteiger charge is -2.34. The fraction of sp³-hybridized carbons (Fsp3) is 0.500. The number of carbonyl (C=O) groups excluding carboxylic acids is 1. The van der Waals surface area contributed by atoms with E-state index in [0.29, 0.717) is 24.0 Å². The number of hydrogen-bond donors (Lipinski definition) is 0. The van der Waals surface area contributed by atoms with E-state index < -0.39 is 5.41 Å². The van der Waals surface area contributed by atoms with Gasteiger partial charge in [0.1, 0.15) is 17.8 Å². The SMILES string of the molecule is CSCCCN1CCC(CN2C(=O)C3(COc4cc5c(cc43)OCO5)c3ccccc32)CC1. The standard InChI is InChI=1S/C26H30N2O4S/c1-33-12-4-9-27-10-7-18(8-11-27)15-28-21-6-3-2-5-19(21)26(25(28)29)16-30-22-14-24-23(13-20(22)26)31-17-32-24/h2-3,5-6,13-14,18H,4,7-12,15-17H2,1H3. The average Bonchev–Trinajstić information content (AvgIpc) is 3.52. The van der Waals surface area contributed by atoms with Gasteiger partial charge >= 0.3 is 0 Å². The Morgan fingerprint density at radius 2 is 1.82 bits per heavy atom. The molecule has 0 bridgehead atoms. The average molecular weight is 467 g/mol. The van der Waals surface area contributed by atoms with Crippen LogP contribution in [-0.2, 0) is 10.2 Å². The second kappa shape index (κ2) is 8.44. The van der Waals surface area contributed by atoms with Gasteiger partial charge in [-0.25, -0.2) is 0 Å². The first kappa shape index (κ1) is 21.2. The first-order chi connectivity index (χ1) is 16.2. The second-order valence-electron chi connectivity index (χ2n) is 9.46. The van der Waals surface area contributed by atoms with Gasteiger partial charge in [0.05, 0.1) is 0 Å². The third-order valence-corrected chi connectivity index (χ3v) is 8.31. The number of fused-ring (bicyclic) bond motifs is 5. The van der Waals surface area contributed by atoms with E-state index in [2.05, 4.69) is 23.3 Å². The summed E-state index contributed by atoms with van der Waals surface area (Å²) in [5.74, 6) is 3.98. The van der Waals surface area contributed by atoms with Crippen molar-refractivity contribution in [2.75, 3.05) is 56.5 Å². The fourth-order valence-corrected chi connectivity index (χ4v) is 6.25. The number of hydrogen-bond acceptors (Lipinski definition) is 6. The summed E-state index contributed by atoms with van der Waals surface area (Å²) in [7, 11) is 0. The van der Waals surface area contributed by atoms with Crippen LogP contribution in [0.5, 0.6) is 17.2 Å². The summed E-state index contributed by atoms with van der Waals surface area (Å²) in [6.07, 6.45) is 5.71. The van der Waals surface area contributed by atoms with E-state index in [1.54, 1.807) is 0 Å². The highest BCUT2D eigenvalue weighted by Gasteiger charge is 2.57. The summed E-state index contributed by atoms with van der Waals surface area (Å²) in [4.78, 5) is 18.7. The minimum atomic E-state index is -0.800. The quantitative estimate of drug-likeness (QED) is 0.602. The molecule has 0 radical (unpaired) electrons. The molecule has 1 saturated heterocycles. The number of piperidine rings is 1. The maximum Gasteiger partial charge on any atom is 0.245 e. The molecule has 6 nitrogen and oxygen atoms in total. The van der Waals surface area contributed by atoms with Crippen molar-refractivity contribution >= 4 is 23.4 Å². The van der Waals surface area contributed by atoms with Crippen LogP contribution >= 0.6 is 11.8 Å². The molecule has 1 atom stereocenters.